The smallest absolute Gasteiger partial charge is 0.314 e. The molecule has 0 aromatic carbocycles. The molecule has 0 fully saturated rings. The average molecular weight is 199 g/mol. The summed E-state index contributed by atoms with van der Waals surface area (Å²) in [6.45, 7) is 2.12. The fraction of sp³-hybridized carbons (Fsp3) is 0.889. The highest BCUT2D eigenvalue weighted by atomic mass is 16.5. The number of azide groups is 1. The van der Waals surface area contributed by atoms with Crippen molar-refractivity contribution in [1.29, 1.82) is 0 Å². The van der Waals surface area contributed by atoms with Crippen molar-refractivity contribution in [3.63, 3.8) is 0 Å². The molecule has 0 heterocycles. The Balaban J connectivity index is 3.85. The molecular weight excluding hydrogens is 182 g/mol. The van der Waals surface area contributed by atoms with Crippen molar-refractivity contribution in [3.05, 3.63) is 10.4 Å². The number of ether oxygens (including phenoxy) is 1. The Bertz CT molecular complexity index is 212. The lowest BCUT2D eigenvalue weighted by Gasteiger charge is -2.07. The van der Waals surface area contributed by atoms with Crippen LogP contribution < -0.4 is 0 Å². The number of hydrogen-bond donors (Lipinski definition) is 0. The van der Waals surface area contributed by atoms with E-state index in [2.05, 4.69) is 21.7 Å². The van der Waals surface area contributed by atoms with Crippen molar-refractivity contribution < 1.29 is 9.53 Å². The normalized spacial score (nSPS) is 11.6. The number of carbonyl (C=O) groups is 1. The number of unbranched alkanes of at least 4 members (excludes halogenated alkanes) is 3. The zero-order valence-corrected chi connectivity index (χ0v) is 8.77. The standard InChI is InChI=1S/C9H17N3O2/c1-3-4-5-6-7-8(11-12-10)9(13)14-2/h8H,3-7H2,1-2H3/t8-/m1/s1. The van der Waals surface area contributed by atoms with Gasteiger partial charge >= 0.3 is 5.97 Å². The Morgan fingerprint density at radius 1 is 1.50 bits per heavy atom. The van der Waals surface area contributed by atoms with Crippen molar-refractivity contribution in [2.75, 3.05) is 7.11 Å². The predicted octanol–water partition coefficient (Wildman–Crippen LogP) is 2.81. The van der Waals surface area contributed by atoms with Crippen LogP contribution in [0.5, 0.6) is 0 Å². The summed E-state index contributed by atoms with van der Waals surface area (Å²) in [5, 5.41) is 3.40. The molecule has 0 aliphatic heterocycles. The summed E-state index contributed by atoms with van der Waals surface area (Å²) in [6.07, 6.45) is 4.82. The third kappa shape index (κ3) is 5.43. The van der Waals surface area contributed by atoms with Gasteiger partial charge in [-0.15, -0.1) is 0 Å². The molecule has 0 aliphatic carbocycles. The second-order valence-electron chi connectivity index (χ2n) is 3.09. The molecule has 0 unspecified atom stereocenters. The molecule has 0 N–H and O–H groups in total. The molecule has 0 saturated carbocycles. The van der Waals surface area contributed by atoms with E-state index < -0.39 is 12.0 Å². The van der Waals surface area contributed by atoms with Gasteiger partial charge in [0.15, 0.2) is 0 Å². The van der Waals surface area contributed by atoms with Gasteiger partial charge in [-0.2, -0.15) is 0 Å². The summed E-state index contributed by atoms with van der Waals surface area (Å²) in [5.74, 6) is -0.445. The Labute approximate surface area is 84.1 Å². The van der Waals surface area contributed by atoms with E-state index in [1.54, 1.807) is 0 Å². The van der Waals surface area contributed by atoms with Crippen molar-refractivity contribution in [2.45, 2.75) is 45.1 Å². The second-order valence-corrected chi connectivity index (χ2v) is 3.09. The molecule has 14 heavy (non-hydrogen) atoms. The minimum atomic E-state index is -0.651. The van der Waals surface area contributed by atoms with E-state index >= 15 is 0 Å². The van der Waals surface area contributed by atoms with Crippen LogP contribution in [-0.2, 0) is 9.53 Å². The maximum atomic E-state index is 11.1. The Morgan fingerprint density at radius 3 is 2.71 bits per heavy atom. The second kappa shape index (κ2) is 8.38. The zero-order valence-electron chi connectivity index (χ0n) is 8.77. The third-order valence-electron chi connectivity index (χ3n) is 2.00. The summed E-state index contributed by atoms with van der Waals surface area (Å²) in [5.41, 5.74) is 8.23. The van der Waals surface area contributed by atoms with Crippen molar-refractivity contribution in [1.82, 2.24) is 0 Å². The highest BCUT2D eigenvalue weighted by molar-refractivity contribution is 5.75. The van der Waals surface area contributed by atoms with Crippen LogP contribution in [0.15, 0.2) is 5.11 Å². The SMILES string of the molecule is CCCCCC[C@@H](N=[N+]=[N-])C(=O)OC. The maximum absolute atomic E-state index is 11.1. The van der Waals surface area contributed by atoms with Gasteiger partial charge < -0.3 is 4.74 Å². The lowest BCUT2D eigenvalue weighted by atomic mass is 10.1. The van der Waals surface area contributed by atoms with Crippen LogP contribution in [0.4, 0.5) is 0 Å². The Hall–Kier alpha value is -1.22. The lowest BCUT2D eigenvalue weighted by molar-refractivity contribution is -0.142. The van der Waals surface area contributed by atoms with Gasteiger partial charge in [-0.1, -0.05) is 37.7 Å². The average Bonchev–Trinajstić information content (AvgIpc) is 2.21. The number of esters is 1. The quantitative estimate of drug-likeness (QED) is 0.208. The Morgan fingerprint density at radius 2 is 2.21 bits per heavy atom. The molecule has 0 aliphatic rings. The molecule has 0 spiro atoms. The molecule has 80 valence electrons. The number of carbonyl (C=O) groups excluding carboxylic acids is 1. The van der Waals surface area contributed by atoms with E-state index in [0.717, 1.165) is 25.7 Å². The van der Waals surface area contributed by atoms with Gasteiger partial charge in [0.2, 0.25) is 0 Å². The summed E-state index contributed by atoms with van der Waals surface area (Å²) in [7, 11) is 1.30. The number of hydrogen-bond acceptors (Lipinski definition) is 3. The van der Waals surface area contributed by atoms with Gasteiger partial charge in [-0.05, 0) is 12.0 Å². The maximum Gasteiger partial charge on any atom is 0.314 e. The summed E-state index contributed by atoms with van der Waals surface area (Å²) in [6, 6.07) is -0.651. The molecule has 0 radical (unpaired) electrons. The van der Waals surface area contributed by atoms with Crippen molar-refractivity contribution in [3.8, 4) is 0 Å². The van der Waals surface area contributed by atoms with Crippen LogP contribution in [-0.4, -0.2) is 19.1 Å². The summed E-state index contributed by atoms with van der Waals surface area (Å²) < 4.78 is 4.52. The zero-order chi connectivity index (χ0) is 10.8. The van der Waals surface area contributed by atoms with Crippen LogP contribution >= 0.6 is 0 Å². The van der Waals surface area contributed by atoms with Crippen molar-refractivity contribution >= 4 is 5.97 Å². The summed E-state index contributed by atoms with van der Waals surface area (Å²) >= 11 is 0. The molecule has 0 bridgehead atoms. The van der Waals surface area contributed by atoms with E-state index in [4.69, 9.17) is 5.53 Å². The number of nitrogens with zero attached hydrogens (tertiary/aromatic N) is 3. The first-order valence-electron chi connectivity index (χ1n) is 4.88. The van der Waals surface area contributed by atoms with Crippen LogP contribution in [0.2, 0.25) is 0 Å². The molecule has 0 aromatic heterocycles. The third-order valence-corrected chi connectivity index (χ3v) is 2.00. The van der Waals surface area contributed by atoms with Gasteiger partial charge in [0.25, 0.3) is 0 Å². The molecule has 0 rings (SSSR count). The van der Waals surface area contributed by atoms with Crippen LogP contribution in [0.3, 0.4) is 0 Å². The van der Waals surface area contributed by atoms with Crippen LogP contribution in [0.25, 0.3) is 10.4 Å². The van der Waals surface area contributed by atoms with E-state index in [9.17, 15) is 4.79 Å². The molecule has 5 heteroatoms. The predicted molar refractivity (Wildman–Crippen MR) is 53.7 cm³/mol. The number of rotatable bonds is 7. The highest BCUT2D eigenvalue weighted by Gasteiger charge is 2.16. The fourth-order valence-electron chi connectivity index (χ4n) is 1.19. The molecule has 1 atom stereocenters. The topological polar surface area (TPSA) is 75.1 Å². The first-order chi connectivity index (χ1) is 6.76. The molecule has 0 saturated heterocycles. The first kappa shape index (κ1) is 12.8. The molecule has 0 amide bonds. The fourth-order valence-corrected chi connectivity index (χ4v) is 1.19. The van der Waals surface area contributed by atoms with Gasteiger partial charge in [-0.25, -0.2) is 0 Å². The van der Waals surface area contributed by atoms with Gasteiger partial charge in [0.05, 0.1) is 7.11 Å². The van der Waals surface area contributed by atoms with Gasteiger partial charge in [-0.3, -0.25) is 4.79 Å². The van der Waals surface area contributed by atoms with E-state index in [1.165, 1.54) is 7.11 Å². The minimum Gasteiger partial charge on any atom is -0.469 e. The van der Waals surface area contributed by atoms with Crippen LogP contribution in [0.1, 0.15) is 39.0 Å². The lowest BCUT2D eigenvalue weighted by Crippen LogP contribution is -2.19. The molecule has 0 aromatic rings. The van der Waals surface area contributed by atoms with E-state index in [1.807, 2.05) is 0 Å². The summed E-state index contributed by atoms with van der Waals surface area (Å²) in [4.78, 5) is 13.7. The number of methoxy groups -OCH3 is 1. The minimum absolute atomic E-state index is 0.445. The van der Waals surface area contributed by atoms with Crippen molar-refractivity contribution in [2.24, 2.45) is 5.11 Å². The van der Waals surface area contributed by atoms with E-state index in [-0.39, 0.29) is 0 Å². The Kier molecular flexibility index (Phi) is 7.65. The highest BCUT2D eigenvalue weighted by Crippen LogP contribution is 2.09. The largest absolute Gasteiger partial charge is 0.469 e. The van der Waals surface area contributed by atoms with E-state index in [0.29, 0.717) is 6.42 Å². The van der Waals surface area contributed by atoms with Gasteiger partial charge in [0.1, 0.15) is 6.04 Å². The first-order valence-corrected chi connectivity index (χ1v) is 4.88. The van der Waals surface area contributed by atoms with Gasteiger partial charge in [0, 0.05) is 4.91 Å². The monoisotopic (exact) mass is 199 g/mol. The van der Waals surface area contributed by atoms with Crippen LogP contribution in [0, 0.1) is 0 Å². The molecular formula is C9H17N3O2. The molecule has 5 nitrogen and oxygen atoms in total.